The number of nitrogen functional groups attached to an aromatic ring is 1. The molecule has 1 atom stereocenters. The number of carbonyl (C=O) groups is 2. The van der Waals surface area contributed by atoms with Crippen molar-refractivity contribution >= 4 is 28.8 Å². The molecular formula is C25H26N4O6. The number of carboxylic acid groups (broad SMARTS) is 1. The van der Waals surface area contributed by atoms with E-state index < -0.39 is 28.5 Å². The first-order valence-corrected chi connectivity index (χ1v) is 11.1. The molecule has 10 heteroatoms. The zero-order valence-corrected chi connectivity index (χ0v) is 19.6. The monoisotopic (exact) mass is 478 g/mol. The number of ketones is 1. The van der Waals surface area contributed by atoms with Gasteiger partial charge in [-0.25, -0.2) is 9.59 Å². The number of carboxylic acids is 1. The van der Waals surface area contributed by atoms with Gasteiger partial charge in [0.05, 0.1) is 11.8 Å². The molecule has 1 aliphatic heterocycles. The van der Waals surface area contributed by atoms with Crippen LogP contribution in [0.25, 0.3) is 5.57 Å². The number of aliphatic carboxylic acids is 1. The van der Waals surface area contributed by atoms with Crippen LogP contribution >= 0.6 is 0 Å². The van der Waals surface area contributed by atoms with Crippen LogP contribution in [0.15, 0.2) is 62.7 Å². The highest BCUT2D eigenvalue weighted by molar-refractivity contribution is 6.18. The Morgan fingerprint density at radius 3 is 2.51 bits per heavy atom. The minimum Gasteiger partial charge on any atom is -0.478 e. The molecule has 3 aromatic rings. The molecule has 1 aromatic carbocycles. The van der Waals surface area contributed by atoms with Gasteiger partial charge < -0.3 is 20.6 Å². The number of hydrogen-bond donors (Lipinski definition) is 3. The van der Waals surface area contributed by atoms with E-state index in [0.717, 1.165) is 4.57 Å². The van der Waals surface area contributed by atoms with Gasteiger partial charge in [0.15, 0.2) is 5.78 Å². The maximum absolute atomic E-state index is 13.7. The Morgan fingerprint density at radius 1 is 1.17 bits per heavy atom. The zero-order chi connectivity index (χ0) is 25.5. The second kappa shape index (κ2) is 8.79. The molecule has 182 valence electrons. The summed E-state index contributed by atoms with van der Waals surface area (Å²) in [6, 6.07) is 10.0. The highest BCUT2D eigenvalue weighted by atomic mass is 16.4. The van der Waals surface area contributed by atoms with Crippen molar-refractivity contribution in [1.82, 2.24) is 9.13 Å². The normalized spacial score (nSPS) is 17.0. The van der Waals surface area contributed by atoms with Crippen molar-refractivity contribution in [2.45, 2.75) is 32.4 Å². The Balaban J connectivity index is 1.89. The summed E-state index contributed by atoms with van der Waals surface area (Å²) in [6.07, 6.45) is 2.44. The summed E-state index contributed by atoms with van der Waals surface area (Å²) < 4.78 is 7.68. The van der Waals surface area contributed by atoms with Crippen LogP contribution in [-0.4, -0.2) is 26.0 Å². The Hall–Kier alpha value is -4.34. The molecule has 0 amide bonds. The van der Waals surface area contributed by atoms with Gasteiger partial charge in [-0.15, -0.1) is 0 Å². The maximum atomic E-state index is 13.7. The molecule has 35 heavy (non-hydrogen) atoms. The van der Waals surface area contributed by atoms with Gasteiger partial charge in [-0.05, 0) is 30.2 Å². The number of nitrogens with zero attached hydrogens (tertiary/aromatic N) is 2. The van der Waals surface area contributed by atoms with Crippen LogP contribution in [0.1, 0.15) is 41.9 Å². The SMILES string of the molecule is CC(C)Cn1c(N)c(C(=O)CC2(c3ccco3)C=C(C(=O)O)c3ccccc3N2)c(=O)n(C)c1=O. The van der Waals surface area contributed by atoms with Crippen molar-refractivity contribution in [3.05, 3.63) is 86.5 Å². The fourth-order valence-corrected chi connectivity index (χ4v) is 4.38. The minimum atomic E-state index is -1.42. The van der Waals surface area contributed by atoms with E-state index in [1.54, 1.807) is 36.4 Å². The summed E-state index contributed by atoms with van der Waals surface area (Å²) in [6.45, 7) is 3.98. The summed E-state index contributed by atoms with van der Waals surface area (Å²) >= 11 is 0. The second-order valence-corrected chi connectivity index (χ2v) is 8.99. The molecule has 0 bridgehead atoms. The number of nitrogens with two attached hydrogens (primary N) is 1. The Labute approximate surface area is 200 Å². The Bertz CT molecular complexity index is 1460. The van der Waals surface area contributed by atoms with Crippen molar-refractivity contribution in [3.8, 4) is 0 Å². The van der Waals surface area contributed by atoms with Crippen molar-refractivity contribution in [1.29, 1.82) is 0 Å². The minimum absolute atomic E-state index is 0.0193. The molecule has 0 radical (unpaired) electrons. The average Bonchev–Trinajstić information content (AvgIpc) is 3.36. The summed E-state index contributed by atoms with van der Waals surface area (Å²) in [5, 5.41) is 13.2. The zero-order valence-electron chi connectivity index (χ0n) is 19.6. The molecule has 4 rings (SSSR count). The fraction of sp³-hybridized carbons (Fsp3) is 0.280. The van der Waals surface area contributed by atoms with E-state index in [1.807, 2.05) is 13.8 Å². The molecule has 2 aromatic heterocycles. The number of Topliss-reactive ketones (excluding diaryl/α,β-unsaturated/α-hetero) is 1. The van der Waals surface area contributed by atoms with Crippen molar-refractivity contribution in [2.75, 3.05) is 11.1 Å². The molecule has 1 unspecified atom stereocenters. The number of rotatable bonds is 7. The topological polar surface area (TPSA) is 150 Å². The first-order valence-electron chi connectivity index (χ1n) is 11.1. The van der Waals surface area contributed by atoms with E-state index in [1.165, 1.54) is 24.0 Å². The number of anilines is 2. The number of fused-ring (bicyclic) bond motifs is 1. The standard InChI is InChI=1S/C25H26N4O6/c1-14(2)13-29-21(26)20(22(31)28(3)24(29)34)18(30)12-25(19-9-6-10-35-19)11-16(23(32)33)15-7-4-5-8-17(15)27-25/h4-11,14,27H,12-13,26H2,1-3H3,(H,32,33). The number of hydrogen-bond acceptors (Lipinski definition) is 7. The highest BCUT2D eigenvalue weighted by Crippen LogP contribution is 2.42. The van der Waals surface area contributed by atoms with Gasteiger partial charge in [-0.1, -0.05) is 32.0 Å². The summed E-state index contributed by atoms with van der Waals surface area (Å²) in [5.41, 5.74) is 3.95. The lowest BCUT2D eigenvalue weighted by Crippen LogP contribution is -2.45. The smallest absolute Gasteiger partial charge is 0.336 e. The van der Waals surface area contributed by atoms with E-state index in [0.29, 0.717) is 11.3 Å². The predicted molar refractivity (Wildman–Crippen MR) is 130 cm³/mol. The number of nitrogens with one attached hydrogen (secondary N) is 1. The molecule has 0 fully saturated rings. The van der Waals surface area contributed by atoms with Gasteiger partial charge in [0.2, 0.25) is 0 Å². The second-order valence-electron chi connectivity index (χ2n) is 8.99. The first-order chi connectivity index (χ1) is 16.6. The summed E-state index contributed by atoms with van der Waals surface area (Å²) in [7, 11) is 1.29. The molecule has 1 aliphatic rings. The summed E-state index contributed by atoms with van der Waals surface area (Å²) in [4.78, 5) is 51.5. The fourth-order valence-electron chi connectivity index (χ4n) is 4.38. The van der Waals surface area contributed by atoms with Crippen LogP contribution in [-0.2, 0) is 23.9 Å². The molecule has 10 nitrogen and oxygen atoms in total. The van der Waals surface area contributed by atoms with Crippen LogP contribution in [0.3, 0.4) is 0 Å². The number of para-hydroxylation sites is 1. The van der Waals surface area contributed by atoms with Crippen LogP contribution < -0.4 is 22.3 Å². The van der Waals surface area contributed by atoms with Gasteiger partial charge in [0, 0.05) is 31.3 Å². The van der Waals surface area contributed by atoms with Gasteiger partial charge in [-0.3, -0.25) is 18.7 Å². The van der Waals surface area contributed by atoms with Crippen LogP contribution in [0.5, 0.6) is 0 Å². The molecule has 0 saturated heterocycles. The van der Waals surface area contributed by atoms with Crippen LogP contribution in [0.2, 0.25) is 0 Å². The van der Waals surface area contributed by atoms with E-state index in [2.05, 4.69) is 5.32 Å². The molecule has 0 spiro atoms. The van der Waals surface area contributed by atoms with E-state index in [9.17, 15) is 24.3 Å². The predicted octanol–water partition coefficient (Wildman–Crippen LogP) is 2.44. The molecular weight excluding hydrogens is 452 g/mol. The number of aromatic nitrogens is 2. The third-order valence-electron chi connectivity index (χ3n) is 6.01. The highest BCUT2D eigenvalue weighted by Gasteiger charge is 2.42. The Morgan fingerprint density at radius 2 is 1.89 bits per heavy atom. The van der Waals surface area contributed by atoms with Crippen molar-refractivity contribution in [2.24, 2.45) is 13.0 Å². The van der Waals surface area contributed by atoms with Crippen molar-refractivity contribution < 1.29 is 19.1 Å². The molecule has 3 heterocycles. The molecule has 4 N–H and O–H groups in total. The van der Waals surface area contributed by atoms with E-state index in [4.69, 9.17) is 10.2 Å². The number of furan rings is 1. The third kappa shape index (κ3) is 4.07. The van der Waals surface area contributed by atoms with Crippen molar-refractivity contribution in [3.63, 3.8) is 0 Å². The lowest BCUT2D eigenvalue weighted by Gasteiger charge is -2.35. The molecule has 0 saturated carbocycles. The van der Waals surface area contributed by atoms with Gasteiger partial charge in [0.1, 0.15) is 22.7 Å². The average molecular weight is 479 g/mol. The van der Waals surface area contributed by atoms with Gasteiger partial charge in [0.25, 0.3) is 5.56 Å². The quantitative estimate of drug-likeness (QED) is 0.438. The summed E-state index contributed by atoms with van der Waals surface area (Å²) in [5.74, 6) is -1.74. The van der Waals surface area contributed by atoms with Gasteiger partial charge >= 0.3 is 11.7 Å². The van der Waals surface area contributed by atoms with E-state index in [-0.39, 0.29) is 41.6 Å². The maximum Gasteiger partial charge on any atom is 0.336 e. The molecule has 0 aliphatic carbocycles. The largest absolute Gasteiger partial charge is 0.478 e. The Kier molecular flexibility index (Phi) is 5.98. The number of carbonyl (C=O) groups excluding carboxylic acids is 1. The lowest BCUT2D eigenvalue weighted by atomic mass is 9.81. The number of benzene rings is 1. The third-order valence-corrected chi connectivity index (χ3v) is 6.01. The van der Waals surface area contributed by atoms with Crippen LogP contribution in [0.4, 0.5) is 11.5 Å². The van der Waals surface area contributed by atoms with E-state index >= 15 is 0 Å². The van der Waals surface area contributed by atoms with Gasteiger partial charge in [-0.2, -0.15) is 0 Å². The lowest BCUT2D eigenvalue weighted by molar-refractivity contribution is -0.130. The van der Waals surface area contributed by atoms with Crippen LogP contribution in [0, 0.1) is 5.92 Å². The first kappa shape index (κ1) is 23.8.